The number of hydrogen-bond acceptors (Lipinski definition) is 5. The molecule has 0 N–H and O–H groups in total. The smallest absolute Gasteiger partial charge is 0.410 e. The zero-order chi connectivity index (χ0) is 15.2. The average molecular weight is 303 g/mol. The molecule has 1 amide bonds. The van der Waals surface area contributed by atoms with Gasteiger partial charge in [-0.15, -0.1) is 0 Å². The highest BCUT2D eigenvalue weighted by Crippen LogP contribution is 2.25. The lowest BCUT2D eigenvalue weighted by Crippen LogP contribution is -2.37. The summed E-state index contributed by atoms with van der Waals surface area (Å²) in [6, 6.07) is 5.66. The zero-order valence-corrected chi connectivity index (χ0v) is 12.5. The molecule has 0 spiro atoms. The van der Waals surface area contributed by atoms with E-state index in [4.69, 9.17) is 10.00 Å². The third kappa shape index (κ3) is 3.99. The van der Waals surface area contributed by atoms with E-state index in [1.165, 1.54) is 0 Å². The number of rotatable bonds is 4. The second-order valence-corrected chi connectivity index (χ2v) is 5.66. The Kier molecular flexibility index (Phi) is 5.23. The Morgan fingerprint density at radius 1 is 1.71 bits per heavy atom. The number of carbonyl (C=O) groups excluding carboxylic acids is 1. The van der Waals surface area contributed by atoms with Crippen LogP contribution in [0.5, 0.6) is 0 Å². The minimum atomic E-state index is -0.342. The summed E-state index contributed by atoms with van der Waals surface area (Å²) < 4.78 is 5.11. The monoisotopic (exact) mass is 303 g/mol. The van der Waals surface area contributed by atoms with Crippen molar-refractivity contribution in [2.75, 3.05) is 13.2 Å². The SMILES string of the molecule is C=CCOC(=O)N1CC(S)CC1Cc1ccnc(C#N)c1. The topological polar surface area (TPSA) is 66.2 Å². The Hall–Kier alpha value is -2.00. The van der Waals surface area contributed by atoms with E-state index in [1.807, 2.05) is 12.1 Å². The van der Waals surface area contributed by atoms with Gasteiger partial charge in [0.1, 0.15) is 18.4 Å². The molecule has 1 saturated heterocycles. The van der Waals surface area contributed by atoms with Gasteiger partial charge in [0.25, 0.3) is 0 Å². The second kappa shape index (κ2) is 7.14. The highest BCUT2D eigenvalue weighted by atomic mass is 32.1. The van der Waals surface area contributed by atoms with Crippen LogP contribution in [0, 0.1) is 11.3 Å². The van der Waals surface area contributed by atoms with Gasteiger partial charge in [-0.05, 0) is 30.5 Å². The molecule has 1 fully saturated rings. The van der Waals surface area contributed by atoms with Gasteiger partial charge in [-0.3, -0.25) is 0 Å². The number of amides is 1. The number of carbonyl (C=O) groups is 1. The van der Waals surface area contributed by atoms with E-state index in [-0.39, 0.29) is 24.0 Å². The number of hydrogen-bond donors (Lipinski definition) is 1. The Labute approximate surface area is 129 Å². The summed E-state index contributed by atoms with van der Waals surface area (Å²) >= 11 is 4.47. The van der Waals surface area contributed by atoms with E-state index >= 15 is 0 Å². The van der Waals surface area contributed by atoms with Crippen molar-refractivity contribution in [2.24, 2.45) is 0 Å². The molecular weight excluding hydrogens is 286 g/mol. The maximum atomic E-state index is 12.0. The molecule has 0 saturated carbocycles. The van der Waals surface area contributed by atoms with E-state index in [2.05, 4.69) is 24.2 Å². The molecule has 1 aliphatic heterocycles. The third-order valence-electron chi connectivity index (χ3n) is 3.36. The fourth-order valence-corrected chi connectivity index (χ4v) is 2.88. The summed E-state index contributed by atoms with van der Waals surface area (Å²) in [4.78, 5) is 17.7. The number of aromatic nitrogens is 1. The summed E-state index contributed by atoms with van der Waals surface area (Å²) in [5.74, 6) is 0. The maximum absolute atomic E-state index is 12.0. The Morgan fingerprint density at radius 2 is 2.52 bits per heavy atom. The van der Waals surface area contributed by atoms with E-state index in [9.17, 15) is 4.79 Å². The lowest BCUT2D eigenvalue weighted by atomic mass is 10.0. The van der Waals surface area contributed by atoms with Gasteiger partial charge in [-0.2, -0.15) is 17.9 Å². The van der Waals surface area contributed by atoms with Crippen LogP contribution in [0.25, 0.3) is 0 Å². The minimum Gasteiger partial charge on any atom is -0.445 e. The van der Waals surface area contributed by atoms with Crippen LogP contribution < -0.4 is 0 Å². The molecule has 2 rings (SSSR count). The van der Waals surface area contributed by atoms with Crippen LogP contribution >= 0.6 is 12.6 Å². The van der Waals surface area contributed by atoms with Gasteiger partial charge in [-0.25, -0.2) is 9.78 Å². The van der Waals surface area contributed by atoms with Crippen LogP contribution in [-0.2, 0) is 11.2 Å². The summed E-state index contributed by atoms with van der Waals surface area (Å²) in [6.45, 7) is 4.30. The first-order chi connectivity index (χ1) is 10.1. The van der Waals surface area contributed by atoms with Crippen molar-refractivity contribution in [3.05, 3.63) is 42.2 Å². The van der Waals surface area contributed by atoms with Gasteiger partial charge >= 0.3 is 6.09 Å². The molecule has 0 aliphatic carbocycles. The fraction of sp³-hybridized carbons (Fsp3) is 0.400. The first-order valence-corrected chi connectivity index (χ1v) is 7.23. The van der Waals surface area contributed by atoms with Gasteiger partial charge in [0.05, 0.1) is 0 Å². The van der Waals surface area contributed by atoms with Gasteiger partial charge < -0.3 is 9.64 Å². The molecule has 1 aromatic rings. The number of nitriles is 1. The number of thiol groups is 1. The molecule has 1 aliphatic rings. The number of ether oxygens (including phenoxy) is 1. The molecule has 110 valence electrons. The molecule has 2 atom stereocenters. The van der Waals surface area contributed by atoms with Gasteiger partial charge in [0.2, 0.25) is 0 Å². The molecule has 6 heteroatoms. The van der Waals surface area contributed by atoms with E-state index < -0.39 is 0 Å². The Bertz CT molecular complexity index is 570. The van der Waals surface area contributed by atoms with Crippen molar-refractivity contribution in [2.45, 2.75) is 24.1 Å². The van der Waals surface area contributed by atoms with Crippen molar-refractivity contribution >= 4 is 18.7 Å². The fourth-order valence-electron chi connectivity index (χ4n) is 2.46. The van der Waals surface area contributed by atoms with Crippen LogP contribution in [0.3, 0.4) is 0 Å². The van der Waals surface area contributed by atoms with Crippen LogP contribution in [0.4, 0.5) is 4.79 Å². The average Bonchev–Trinajstić information content (AvgIpc) is 2.85. The molecule has 0 bridgehead atoms. The third-order valence-corrected chi connectivity index (χ3v) is 3.74. The van der Waals surface area contributed by atoms with E-state index in [1.54, 1.807) is 23.2 Å². The molecule has 5 nitrogen and oxygen atoms in total. The molecule has 1 aromatic heterocycles. The van der Waals surface area contributed by atoms with Gasteiger partial charge in [0.15, 0.2) is 0 Å². The van der Waals surface area contributed by atoms with Crippen molar-refractivity contribution < 1.29 is 9.53 Å². The number of pyridine rings is 1. The highest BCUT2D eigenvalue weighted by Gasteiger charge is 2.34. The standard InChI is InChI=1S/C15H17N3O2S/c1-2-5-20-15(19)18-10-14(21)8-13(18)7-11-3-4-17-12(6-11)9-16/h2-4,6,13-14,21H,1,5,7-8,10H2. The Morgan fingerprint density at radius 3 is 3.24 bits per heavy atom. The van der Waals surface area contributed by atoms with E-state index in [0.717, 1.165) is 12.0 Å². The first-order valence-electron chi connectivity index (χ1n) is 6.71. The minimum absolute atomic E-state index is 0.0266. The van der Waals surface area contributed by atoms with Crippen molar-refractivity contribution in [1.29, 1.82) is 5.26 Å². The van der Waals surface area contributed by atoms with Crippen LogP contribution in [0.15, 0.2) is 31.0 Å². The second-order valence-electron chi connectivity index (χ2n) is 4.93. The predicted octanol–water partition coefficient (Wildman–Crippen LogP) is 2.19. The first kappa shape index (κ1) is 15.4. The Balaban J connectivity index is 2.07. The normalized spacial score (nSPS) is 20.9. The van der Waals surface area contributed by atoms with Crippen LogP contribution in [0.2, 0.25) is 0 Å². The molecular formula is C15H17N3O2S. The quantitative estimate of drug-likeness (QED) is 0.684. The van der Waals surface area contributed by atoms with E-state index in [0.29, 0.717) is 18.7 Å². The lowest BCUT2D eigenvalue weighted by molar-refractivity contribution is 0.108. The molecule has 0 radical (unpaired) electrons. The molecule has 2 unspecified atom stereocenters. The summed E-state index contributed by atoms with van der Waals surface area (Å²) in [7, 11) is 0. The lowest BCUT2D eigenvalue weighted by Gasteiger charge is -2.23. The number of nitrogens with zero attached hydrogens (tertiary/aromatic N) is 3. The van der Waals surface area contributed by atoms with Gasteiger partial charge in [0, 0.05) is 24.0 Å². The summed E-state index contributed by atoms with van der Waals surface area (Å²) in [5, 5.41) is 9.03. The predicted molar refractivity (Wildman–Crippen MR) is 82.1 cm³/mol. The maximum Gasteiger partial charge on any atom is 0.410 e. The van der Waals surface area contributed by atoms with Gasteiger partial charge in [-0.1, -0.05) is 12.7 Å². The van der Waals surface area contributed by atoms with Crippen molar-refractivity contribution in [3.63, 3.8) is 0 Å². The summed E-state index contributed by atoms with van der Waals surface area (Å²) in [6.07, 6.45) is 4.28. The van der Waals surface area contributed by atoms with Crippen LogP contribution in [0.1, 0.15) is 17.7 Å². The largest absolute Gasteiger partial charge is 0.445 e. The molecule has 21 heavy (non-hydrogen) atoms. The zero-order valence-electron chi connectivity index (χ0n) is 11.6. The highest BCUT2D eigenvalue weighted by molar-refractivity contribution is 7.81. The van der Waals surface area contributed by atoms with Crippen LogP contribution in [-0.4, -0.2) is 40.4 Å². The number of likely N-dealkylation sites (tertiary alicyclic amines) is 1. The van der Waals surface area contributed by atoms with Crippen molar-refractivity contribution in [3.8, 4) is 6.07 Å². The van der Waals surface area contributed by atoms with Crippen molar-refractivity contribution in [1.82, 2.24) is 9.88 Å². The summed E-state index contributed by atoms with van der Waals surface area (Å²) in [5.41, 5.74) is 1.37. The molecule has 2 heterocycles. The molecule has 0 aromatic carbocycles.